The number of aliphatic hydroxyl groups is 1. The molecule has 0 aromatic carbocycles. The number of unbranched alkanes of at least 4 members (excludes halogenated alkanes) is 2. The monoisotopic (exact) mass is 297 g/mol. The number of aliphatic carboxylic acids is 1. The van der Waals surface area contributed by atoms with Crippen LogP contribution in [0.25, 0.3) is 0 Å². The fourth-order valence-electron chi connectivity index (χ4n) is 2.21. The average Bonchev–Trinajstić information content (AvgIpc) is 2.47. The lowest BCUT2D eigenvalue weighted by atomic mass is 9.94. The van der Waals surface area contributed by atoms with Gasteiger partial charge in [0, 0.05) is 6.42 Å². The molecule has 0 aromatic heterocycles. The second kappa shape index (κ2) is 9.25. The van der Waals surface area contributed by atoms with Crippen molar-refractivity contribution in [3.8, 4) is 0 Å². The second-order valence-corrected chi connectivity index (χ2v) is 5.14. The van der Waals surface area contributed by atoms with E-state index in [1.807, 2.05) is 0 Å². The third kappa shape index (κ3) is 6.05. The first-order valence-corrected chi connectivity index (χ1v) is 7.15. The van der Waals surface area contributed by atoms with E-state index in [1.165, 1.54) is 6.08 Å². The summed E-state index contributed by atoms with van der Waals surface area (Å²) >= 11 is 0. The molecule has 0 fully saturated rings. The maximum atomic E-state index is 11.2. The Morgan fingerprint density at radius 1 is 1.43 bits per heavy atom. The number of nitrogens with two attached hydrogens (primary N) is 1. The number of rotatable bonds is 10. The van der Waals surface area contributed by atoms with Gasteiger partial charge in [0.05, 0.1) is 0 Å². The van der Waals surface area contributed by atoms with Crippen LogP contribution >= 0.6 is 0 Å². The molecule has 0 aromatic rings. The van der Waals surface area contributed by atoms with Gasteiger partial charge in [-0.2, -0.15) is 4.91 Å². The van der Waals surface area contributed by atoms with Gasteiger partial charge in [0.2, 0.25) is 0 Å². The molecule has 0 radical (unpaired) electrons. The minimum atomic E-state index is -0.927. The van der Waals surface area contributed by atoms with Crippen molar-refractivity contribution in [1.29, 1.82) is 0 Å². The molecule has 5 N–H and O–H groups in total. The van der Waals surface area contributed by atoms with Gasteiger partial charge >= 0.3 is 5.97 Å². The standard InChI is InChI=1S/C14H23N3O4/c15-6-2-1-3-7-16-12(14(19)20)9-10-4-5-13(18)11(8-10)17-21/h4-5,11-12,16,18H,1-3,6-9,15H2,(H,19,20). The minimum absolute atomic E-state index is 0.0737. The number of nitrogens with zero attached hydrogens (tertiary/aromatic N) is 1. The lowest BCUT2D eigenvalue weighted by Crippen LogP contribution is -2.38. The predicted molar refractivity (Wildman–Crippen MR) is 79.9 cm³/mol. The van der Waals surface area contributed by atoms with Crippen molar-refractivity contribution in [2.75, 3.05) is 13.1 Å². The van der Waals surface area contributed by atoms with E-state index < -0.39 is 18.1 Å². The number of aliphatic hydroxyl groups excluding tert-OH is 1. The number of carboxylic acids is 1. The fourth-order valence-corrected chi connectivity index (χ4v) is 2.21. The molecule has 7 nitrogen and oxygen atoms in total. The predicted octanol–water partition coefficient (Wildman–Crippen LogP) is 1.46. The third-order valence-corrected chi connectivity index (χ3v) is 3.45. The van der Waals surface area contributed by atoms with E-state index in [-0.39, 0.29) is 12.2 Å². The van der Waals surface area contributed by atoms with Crippen molar-refractivity contribution < 1.29 is 15.0 Å². The van der Waals surface area contributed by atoms with Crippen LogP contribution in [0.1, 0.15) is 32.1 Å². The van der Waals surface area contributed by atoms with Gasteiger partial charge in [-0.05, 0) is 38.4 Å². The quantitative estimate of drug-likeness (QED) is 0.357. The highest BCUT2D eigenvalue weighted by Gasteiger charge is 2.24. The number of hydrogen-bond acceptors (Lipinski definition) is 6. The molecule has 21 heavy (non-hydrogen) atoms. The van der Waals surface area contributed by atoms with Crippen LogP contribution in [0.3, 0.4) is 0 Å². The summed E-state index contributed by atoms with van der Waals surface area (Å²) in [6.45, 7) is 1.26. The Hall–Kier alpha value is -1.73. The average molecular weight is 297 g/mol. The summed E-state index contributed by atoms with van der Waals surface area (Å²) in [7, 11) is 0. The van der Waals surface area contributed by atoms with Crippen LogP contribution < -0.4 is 11.1 Å². The number of carboxylic acid groups (broad SMARTS) is 1. The summed E-state index contributed by atoms with van der Waals surface area (Å²) in [5, 5.41) is 24.5. The maximum Gasteiger partial charge on any atom is 0.321 e. The highest BCUT2D eigenvalue weighted by Crippen LogP contribution is 2.23. The van der Waals surface area contributed by atoms with Crippen molar-refractivity contribution in [1.82, 2.24) is 5.32 Å². The molecule has 118 valence electrons. The molecule has 0 aliphatic heterocycles. The number of carbonyl (C=O) groups is 1. The van der Waals surface area contributed by atoms with Crippen LogP contribution in [0.5, 0.6) is 0 Å². The molecule has 7 heteroatoms. The van der Waals surface area contributed by atoms with E-state index >= 15 is 0 Å². The maximum absolute atomic E-state index is 11.2. The van der Waals surface area contributed by atoms with Crippen molar-refractivity contribution in [3.05, 3.63) is 28.4 Å². The number of hydrogen-bond donors (Lipinski definition) is 4. The molecule has 1 rings (SSSR count). The van der Waals surface area contributed by atoms with Crippen LogP contribution in [-0.4, -0.2) is 41.4 Å². The molecule has 2 unspecified atom stereocenters. The highest BCUT2D eigenvalue weighted by molar-refractivity contribution is 5.73. The summed E-state index contributed by atoms with van der Waals surface area (Å²) < 4.78 is 0. The Balaban J connectivity index is 2.47. The highest BCUT2D eigenvalue weighted by atomic mass is 16.4. The van der Waals surface area contributed by atoms with Crippen molar-refractivity contribution in [2.45, 2.75) is 44.2 Å². The van der Waals surface area contributed by atoms with Crippen molar-refractivity contribution in [2.24, 2.45) is 10.9 Å². The van der Waals surface area contributed by atoms with Crippen LogP contribution in [-0.2, 0) is 4.79 Å². The van der Waals surface area contributed by atoms with Crippen molar-refractivity contribution >= 4 is 5.97 Å². The third-order valence-electron chi connectivity index (χ3n) is 3.45. The first-order chi connectivity index (χ1) is 10.1. The van der Waals surface area contributed by atoms with E-state index in [0.29, 0.717) is 19.5 Å². The van der Waals surface area contributed by atoms with E-state index in [1.54, 1.807) is 6.08 Å². The largest absolute Gasteiger partial charge is 0.510 e. The van der Waals surface area contributed by atoms with Gasteiger partial charge in [-0.1, -0.05) is 23.2 Å². The van der Waals surface area contributed by atoms with Gasteiger partial charge in [-0.3, -0.25) is 4.79 Å². The summed E-state index contributed by atoms with van der Waals surface area (Å²) in [6, 6.07) is -1.50. The van der Waals surface area contributed by atoms with Gasteiger partial charge in [-0.15, -0.1) is 0 Å². The first kappa shape index (κ1) is 17.3. The number of nitroso groups, excluding NO2 is 1. The van der Waals surface area contributed by atoms with Gasteiger partial charge in [0.25, 0.3) is 0 Å². The number of nitrogens with one attached hydrogen (secondary N) is 1. The SMILES string of the molecule is NCCCCCNC(CC1=CC=C(O)C(N=O)C1)C(=O)O. The molecule has 1 aliphatic rings. The van der Waals surface area contributed by atoms with E-state index in [9.17, 15) is 19.9 Å². The molecule has 0 saturated heterocycles. The summed E-state index contributed by atoms with van der Waals surface area (Å²) in [5.41, 5.74) is 6.19. The molecule has 0 spiro atoms. The topological polar surface area (TPSA) is 125 Å². The molecular weight excluding hydrogens is 274 g/mol. The minimum Gasteiger partial charge on any atom is -0.510 e. The molecule has 1 aliphatic carbocycles. The Kier molecular flexibility index (Phi) is 7.63. The van der Waals surface area contributed by atoms with Gasteiger partial charge in [0.1, 0.15) is 11.8 Å². The normalized spacial score (nSPS) is 19.6. The Morgan fingerprint density at radius 2 is 2.19 bits per heavy atom. The summed E-state index contributed by atoms with van der Waals surface area (Å²) in [5.74, 6) is -1.00. The zero-order chi connectivity index (χ0) is 15.7. The molecule has 0 heterocycles. The molecule has 0 amide bonds. The van der Waals surface area contributed by atoms with Crippen LogP contribution in [0.2, 0.25) is 0 Å². The van der Waals surface area contributed by atoms with E-state index in [4.69, 9.17) is 5.73 Å². The molecule has 2 atom stereocenters. The lowest BCUT2D eigenvalue weighted by Gasteiger charge is -2.20. The zero-order valence-corrected chi connectivity index (χ0v) is 12.0. The Labute approximate surface area is 123 Å². The Bertz CT molecular complexity index is 420. The Morgan fingerprint density at radius 3 is 2.81 bits per heavy atom. The van der Waals surface area contributed by atoms with E-state index in [2.05, 4.69) is 10.5 Å². The number of allylic oxidation sites excluding steroid dienone is 2. The fraction of sp³-hybridized carbons (Fsp3) is 0.643. The summed E-state index contributed by atoms with van der Waals surface area (Å²) in [4.78, 5) is 21.8. The van der Waals surface area contributed by atoms with E-state index in [0.717, 1.165) is 24.8 Å². The first-order valence-electron chi connectivity index (χ1n) is 7.15. The zero-order valence-electron chi connectivity index (χ0n) is 12.0. The van der Waals surface area contributed by atoms with Crippen LogP contribution in [0.15, 0.2) is 28.7 Å². The van der Waals surface area contributed by atoms with Gasteiger partial charge < -0.3 is 21.3 Å². The van der Waals surface area contributed by atoms with Gasteiger partial charge in [-0.25, -0.2) is 0 Å². The van der Waals surface area contributed by atoms with Crippen LogP contribution in [0.4, 0.5) is 0 Å². The van der Waals surface area contributed by atoms with Crippen LogP contribution in [0, 0.1) is 4.91 Å². The molecule has 0 bridgehead atoms. The summed E-state index contributed by atoms with van der Waals surface area (Å²) in [6.07, 6.45) is 6.40. The van der Waals surface area contributed by atoms with Gasteiger partial charge in [0.15, 0.2) is 6.04 Å². The lowest BCUT2D eigenvalue weighted by molar-refractivity contribution is -0.139. The molecular formula is C14H23N3O4. The second-order valence-electron chi connectivity index (χ2n) is 5.14. The smallest absolute Gasteiger partial charge is 0.321 e. The molecule has 0 saturated carbocycles. The van der Waals surface area contributed by atoms with Crippen molar-refractivity contribution in [3.63, 3.8) is 0 Å².